The van der Waals surface area contributed by atoms with Crippen molar-refractivity contribution >= 4 is 29.2 Å². The lowest BCUT2D eigenvalue weighted by Gasteiger charge is -2.18. The third-order valence-electron chi connectivity index (χ3n) is 4.84. The van der Waals surface area contributed by atoms with Crippen molar-refractivity contribution in [1.29, 1.82) is 0 Å². The third kappa shape index (κ3) is 5.97. The Bertz CT molecular complexity index is 927. The first kappa shape index (κ1) is 21.2. The highest BCUT2D eigenvalue weighted by Gasteiger charge is 2.15. The van der Waals surface area contributed by atoms with Crippen LogP contribution in [0.3, 0.4) is 0 Å². The zero-order chi connectivity index (χ0) is 21.5. The lowest BCUT2D eigenvalue weighted by atomic mass is 10.0. The summed E-state index contributed by atoms with van der Waals surface area (Å²) in [6.45, 7) is 2.33. The molecule has 0 bridgehead atoms. The number of ether oxygens (including phenoxy) is 1. The summed E-state index contributed by atoms with van der Waals surface area (Å²) in [7, 11) is 0. The van der Waals surface area contributed by atoms with Crippen molar-refractivity contribution < 1.29 is 19.1 Å². The van der Waals surface area contributed by atoms with Crippen molar-refractivity contribution in [1.82, 2.24) is 5.32 Å². The Morgan fingerprint density at radius 2 is 1.93 bits per heavy atom. The highest BCUT2D eigenvalue weighted by atomic mass is 16.5. The topological polar surface area (TPSA) is 123 Å². The fourth-order valence-corrected chi connectivity index (χ4v) is 3.27. The molecule has 0 saturated heterocycles. The number of nitrogens with two attached hydrogens (primary N) is 1. The quantitative estimate of drug-likeness (QED) is 0.499. The molecule has 8 nitrogen and oxygen atoms in total. The standard InChI is InChI=1S/C22H26N4O4/c1-14(15-4-7-17(8-5-15)25-22(23)29)24-20(27)3-2-12-30-18-9-10-19-16(13-18)6-11-21(28)26-19/h4-5,7-10,13-14H,2-3,6,11-12H2,1H3,(H,24,27)(H,26,28)(H3,23,25,29). The summed E-state index contributed by atoms with van der Waals surface area (Å²) >= 11 is 0. The SMILES string of the molecule is CC(NC(=O)CCCOc1ccc2c(c1)CCC(=O)N2)c1ccc(NC(N)=O)cc1. The minimum atomic E-state index is -0.617. The van der Waals surface area contributed by atoms with Crippen LogP contribution in [-0.4, -0.2) is 24.5 Å². The van der Waals surface area contributed by atoms with Crippen LogP contribution in [0.25, 0.3) is 0 Å². The monoisotopic (exact) mass is 410 g/mol. The molecule has 3 rings (SSSR count). The van der Waals surface area contributed by atoms with E-state index >= 15 is 0 Å². The number of primary amides is 1. The molecular formula is C22H26N4O4. The van der Waals surface area contributed by atoms with Crippen molar-refractivity contribution in [2.24, 2.45) is 5.73 Å². The summed E-state index contributed by atoms with van der Waals surface area (Å²) in [5.41, 5.74) is 8.52. The van der Waals surface area contributed by atoms with Gasteiger partial charge in [0.1, 0.15) is 5.75 Å². The first-order chi connectivity index (χ1) is 14.4. The fraction of sp³-hybridized carbons (Fsp3) is 0.318. The van der Waals surface area contributed by atoms with Crippen LogP contribution < -0.4 is 26.4 Å². The molecule has 0 fully saturated rings. The number of benzene rings is 2. The number of urea groups is 1. The number of fused-ring (bicyclic) bond motifs is 1. The maximum Gasteiger partial charge on any atom is 0.316 e. The van der Waals surface area contributed by atoms with Gasteiger partial charge in [0.2, 0.25) is 11.8 Å². The van der Waals surface area contributed by atoms with E-state index in [1.807, 2.05) is 37.3 Å². The summed E-state index contributed by atoms with van der Waals surface area (Å²) in [4.78, 5) is 34.5. The summed E-state index contributed by atoms with van der Waals surface area (Å²) in [6, 6.07) is 12.0. The lowest BCUT2D eigenvalue weighted by molar-refractivity contribution is -0.122. The Morgan fingerprint density at radius 1 is 1.17 bits per heavy atom. The number of rotatable bonds is 8. The second kappa shape index (κ2) is 9.78. The number of aryl methyl sites for hydroxylation is 1. The Labute approximate surface area is 175 Å². The minimum absolute atomic E-state index is 0.0367. The van der Waals surface area contributed by atoms with E-state index < -0.39 is 6.03 Å². The lowest BCUT2D eigenvalue weighted by Crippen LogP contribution is -2.26. The maximum absolute atomic E-state index is 12.2. The van der Waals surface area contributed by atoms with Gasteiger partial charge >= 0.3 is 6.03 Å². The Hall–Kier alpha value is -3.55. The second-order valence-corrected chi connectivity index (χ2v) is 7.22. The molecule has 1 aliphatic heterocycles. The van der Waals surface area contributed by atoms with Crippen LogP contribution in [0, 0.1) is 0 Å². The van der Waals surface area contributed by atoms with E-state index in [-0.39, 0.29) is 17.9 Å². The molecule has 30 heavy (non-hydrogen) atoms. The molecule has 1 heterocycles. The van der Waals surface area contributed by atoms with E-state index in [9.17, 15) is 14.4 Å². The number of nitrogens with one attached hydrogen (secondary N) is 3. The van der Waals surface area contributed by atoms with Gasteiger partial charge in [0.25, 0.3) is 0 Å². The molecule has 0 saturated carbocycles. The van der Waals surface area contributed by atoms with E-state index in [2.05, 4.69) is 16.0 Å². The average molecular weight is 410 g/mol. The summed E-state index contributed by atoms with van der Waals surface area (Å²) in [5, 5.41) is 8.29. The number of carbonyl (C=O) groups excluding carboxylic acids is 3. The minimum Gasteiger partial charge on any atom is -0.494 e. The molecule has 1 unspecified atom stereocenters. The van der Waals surface area contributed by atoms with Gasteiger partial charge in [-0.1, -0.05) is 12.1 Å². The number of hydrogen-bond donors (Lipinski definition) is 4. The van der Waals surface area contributed by atoms with E-state index in [1.165, 1.54) is 0 Å². The molecule has 158 valence electrons. The van der Waals surface area contributed by atoms with Gasteiger partial charge in [0.15, 0.2) is 0 Å². The van der Waals surface area contributed by atoms with Gasteiger partial charge in [-0.2, -0.15) is 0 Å². The van der Waals surface area contributed by atoms with Crippen molar-refractivity contribution in [3.8, 4) is 5.75 Å². The van der Waals surface area contributed by atoms with Gasteiger partial charge in [-0.25, -0.2) is 4.79 Å². The number of amides is 4. The predicted molar refractivity (Wildman–Crippen MR) is 114 cm³/mol. The van der Waals surface area contributed by atoms with E-state index in [0.717, 1.165) is 22.6 Å². The average Bonchev–Trinajstić information content (AvgIpc) is 2.71. The maximum atomic E-state index is 12.2. The van der Waals surface area contributed by atoms with Crippen LogP contribution in [0.2, 0.25) is 0 Å². The predicted octanol–water partition coefficient (Wildman–Crippen LogP) is 3.10. The molecule has 8 heteroatoms. The Morgan fingerprint density at radius 3 is 2.67 bits per heavy atom. The molecule has 0 aromatic heterocycles. The summed E-state index contributed by atoms with van der Waals surface area (Å²) in [6.07, 6.45) is 2.14. The molecule has 1 atom stereocenters. The third-order valence-corrected chi connectivity index (χ3v) is 4.84. The van der Waals surface area contributed by atoms with Crippen LogP contribution in [0.4, 0.5) is 16.2 Å². The van der Waals surface area contributed by atoms with Crippen molar-refractivity contribution in [3.05, 3.63) is 53.6 Å². The number of carbonyl (C=O) groups is 3. The molecule has 5 N–H and O–H groups in total. The first-order valence-electron chi connectivity index (χ1n) is 9.92. The summed E-state index contributed by atoms with van der Waals surface area (Å²) in [5.74, 6) is 0.719. The fourth-order valence-electron chi connectivity index (χ4n) is 3.27. The first-order valence-corrected chi connectivity index (χ1v) is 9.92. The highest BCUT2D eigenvalue weighted by Crippen LogP contribution is 2.26. The van der Waals surface area contributed by atoms with Gasteiger partial charge in [-0.3, -0.25) is 9.59 Å². The molecule has 0 spiro atoms. The van der Waals surface area contributed by atoms with Crippen LogP contribution >= 0.6 is 0 Å². The van der Waals surface area contributed by atoms with Gasteiger partial charge in [0, 0.05) is 24.2 Å². The van der Waals surface area contributed by atoms with Gasteiger partial charge < -0.3 is 26.4 Å². The van der Waals surface area contributed by atoms with E-state index in [4.69, 9.17) is 10.5 Å². The molecule has 2 aromatic rings. The zero-order valence-corrected chi connectivity index (χ0v) is 16.9. The van der Waals surface area contributed by atoms with Gasteiger partial charge in [0.05, 0.1) is 12.6 Å². The van der Waals surface area contributed by atoms with E-state index in [1.54, 1.807) is 12.1 Å². The van der Waals surface area contributed by atoms with Crippen LogP contribution in [0.15, 0.2) is 42.5 Å². The normalized spacial score (nSPS) is 13.6. The van der Waals surface area contributed by atoms with Crippen LogP contribution in [-0.2, 0) is 16.0 Å². The molecule has 4 amide bonds. The Kier molecular flexibility index (Phi) is 6.90. The highest BCUT2D eigenvalue weighted by molar-refractivity contribution is 5.94. The smallest absolute Gasteiger partial charge is 0.316 e. The summed E-state index contributed by atoms with van der Waals surface area (Å²) < 4.78 is 5.75. The van der Waals surface area contributed by atoms with Crippen molar-refractivity contribution in [3.63, 3.8) is 0 Å². The molecule has 2 aromatic carbocycles. The zero-order valence-electron chi connectivity index (χ0n) is 16.9. The van der Waals surface area contributed by atoms with Gasteiger partial charge in [-0.05, 0) is 61.2 Å². The Balaban J connectivity index is 1.39. The van der Waals surface area contributed by atoms with Crippen LogP contribution in [0.5, 0.6) is 5.75 Å². The number of hydrogen-bond acceptors (Lipinski definition) is 4. The van der Waals surface area contributed by atoms with Crippen LogP contribution in [0.1, 0.15) is 43.4 Å². The molecule has 1 aliphatic rings. The largest absolute Gasteiger partial charge is 0.494 e. The van der Waals surface area contributed by atoms with Crippen molar-refractivity contribution in [2.75, 3.05) is 17.2 Å². The van der Waals surface area contributed by atoms with Gasteiger partial charge in [-0.15, -0.1) is 0 Å². The second-order valence-electron chi connectivity index (χ2n) is 7.22. The van der Waals surface area contributed by atoms with E-state index in [0.29, 0.717) is 38.0 Å². The molecule has 0 aliphatic carbocycles. The van der Waals surface area contributed by atoms with Crippen molar-refractivity contribution in [2.45, 2.75) is 38.6 Å². The molecule has 0 radical (unpaired) electrons. The number of anilines is 2. The molecular weight excluding hydrogens is 384 g/mol.